The van der Waals surface area contributed by atoms with E-state index in [1.54, 1.807) is 42.7 Å². The lowest BCUT2D eigenvalue weighted by Crippen LogP contribution is -2.50. The van der Waals surface area contributed by atoms with E-state index in [2.05, 4.69) is 5.32 Å². The largest absolute Gasteiger partial charge is 0.473 e. The molecule has 0 aromatic heterocycles. The molecule has 0 fully saturated rings. The maximum atomic E-state index is 6.36. The maximum absolute atomic E-state index is 6.36. The number of hydrogen-bond donors (Lipinski definition) is 3. The van der Waals surface area contributed by atoms with E-state index in [4.69, 9.17) is 194 Å². The predicted octanol–water partition coefficient (Wildman–Crippen LogP) is -37.4. The first kappa shape index (κ1) is 110. The van der Waals surface area contributed by atoms with Gasteiger partial charge in [0, 0.05) is 67.8 Å². The molecule has 0 aliphatic heterocycles. The van der Waals surface area contributed by atoms with Crippen molar-refractivity contribution in [2.45, 2.75) is 24.9 Å². The second-order valence-corrected chi connectivity index (χ2v) is 92.8. The quantitative estimate of drug-likeness (QED) is 0.0376. The van der Waals surface area contributed by atoms with Crippen LogP contribution in [0.15, 0.2) is 0 Å². The third kappa shape index (κ3) is 90.6. The molecule has 87 heteroatoms. The molecule has 0 amide bonds. The number of nitrogens with two attached hydrogens (primary N) is 2. The predicted molar refractivity (Wildman–Crippen MR) is 469 cm³/mol. The fourth-order valence-electron chi connectivity index (χ4n) is 5.57. The Labute approximate surface area is 684 Å². The van der Waals surface area contributed by atoms with Crippen molar-refractivity contribution < 1.29 is 183 Å². The van der Waals surface area contributed by atoms with Gasteiger partial charge in [-0.1, -0.05) is 0 Å². The van der Waals surface area contributed by atoms with E-state index in [9.17, 15) is 0 Å². The second-order valence-electron chi connectivity index (χ2n) is 17.5. The number of nitrogens with one attached hydrogen (secondary N) is 1. The monoisotopic (exact) mass is 2150 g/mol. The van der Waals surface area contributed by atoms with Gasteiger partial charge in [-0.15, -0.1) is 0 Å². The molecule has 0 bridgehead atoms. The highest BCUT2D eigenvalue weighted by Crippen LogP contribution is 2.18. The van der Waals surface area contributed by atoms with E-state index in [-0.39, 0.29) is 0 Å². The van der Waals surface area contributed by atoms with E-state index in [0.717, 1.165) is 13.0 Å². The van der Waals surface area contributed by atoms with Gasteiger partial charge in [0.2, 0.25) is 0 Å². The minimum Gasteiger partial charge on any atom is -0.425 e. The highest BCUT2D eigenvalue weighted by molar-refractivity contribution is 6.74. The van der Waals surface area contributed by atoms with Crippen molar-refractivity contribution in [3.8, 4) is 0 Å². The van der Waals surface area contributed by atoms with Gasteiger partial charge in [0.15, 0.2) is 0 Å². The zero-order chi connectivity index (χ0) is 73.3. The van der Waals surface area contributed by atoms with Gasteiger partial charge in [-0.3, -0.25) is 0 Å². The van der Waals surface area contributed by atoms with Crippen molar-refractivity contribution in [1.82, 2.24) is 5.32 Å². The standard InChI is InChI=1S/C8H60N2O22Si20.C6H55NO22Si20/c1-11-33-14-36-17-39-20-42-23-45-26-48-29-51-32-52(8-4-6-10-7-5-9,30-49-27-46-24-43-21-40-18-37-15-34-12-2)31-50-28-47-25-44-22-41-19-38-16-35-13-3;1-8-30-11-33-14-36-17-39-20-42-23-45-26-48-29-49(6-4-5-7,27-46-24-43-21-40-18-37-15-34-12-31-9-2)28-47-25-44-22-41-19-38-16-35-13-32-10-3/h10H,4-9,33-51H2,1-3H3;4-7,30-48H2,1-3H3. The summed E-state index contributed by atoms with van der Waals surface area (Å²) in [4.78, 5) is 0. The highest BCUT2D eigenvalue weighted by atomic mass is 28.5. The van der Waals surface area contributed by atoms with Crippen LogP contribution >= 0.6 is 0 Å². The summed E-state index contributed by atoms with van der Waals surface area (Å²) < 4.78 is 245. The Hall–Kier alpha value is 6.80. The number of rotatable bonds is 91. The van der Waals surface area contributed by atoms with Crippen LogP contribution in [0.25, 0.3) is 0 Å². The molecule has 0 spiro atoms. The maximum Gasteiger partial charge on any atom is 0.473 e. The van der Waals surface area contributed by atoms with Crippen molar-refractivity contribution >= 4 is 398 Å². The molecule has 0 aromatic carbocycles. The van der Waals surface area contributed by atoms with Crippen LogP contribution in [0.1, 0.15) is 12.8 Å². The van der Waals surface area contributed by atoms with Crippen molar-refractivity contribution in [2.75, 3.05) is 68.8 Å². The minimum absolute atomic E-state index is 0.464. The Morgan fingerprint density at radius 2 is 0.337 bits per heavy atom. The van der Waals surface area contributed by atoms with Crippen LogP contribution in [-0.2, 0) is 183 Å². The molecule has 610 valence electrons. The summed E-state index contributed by atoms with van der Waals surface area (Å²) in [5, 5.41) is 3.31. The van der Waals surface area contributed by atoms with Gasteiger partial charge in [-0.25, -0.2) is 0 Å². The van der Waals surface area contributed by atoms with E-state index in [0.29, 0.717) is 38.1 Å². The zero-order valence-electron chi connectivity index (χ0n) is 59.1. The van der Waals surface area contributed by atoms with Crippen LogP contribution in [0.2, 0.25) is 12.1 Å². The van der Waals surface area contributed by atoms with Crippen LogP contribution in [0.3, 0.4) is 0 Å². The van der Waals surface area contributed by atoms with Crippen LogP contribution in [0, 0.1) is 0 Å². The number of hydrogen-bond acceptors (Lipinski definition) is 47. The van der Waals surface area contributed by atoms with E-state index < -0.39 is 398 Å². The summed E-state index contributed by atoms with van der Waals surface area (Å²) >= 11 is 0. The summed E-state index contributed by atoms with van der Waals surface area (Å²) in [5.41, 5.74) is 11.5. The molecule has 0 saturated carbocycles. The molecular weight excluding hydrogens is 2040 g/mol. The van der Waals surface area contributed by atoms with Gasteiger partial charge in [0.1, 0.15) is 0 Å². The molecule has 0 unspecified atom stereocenters. The van der Waals surface area contributed by atoms with E-state index in [1.807, 2.05) is 0 Å². The molecular formula is C14H115N3O44Si40. The zero-order valence-corrected chi connectivity index (χ0v) is 115. The Morgan fingerprint density at radius 1 is 0.188 bits per heavy atom. The van der Waals surface area contributed by atoms with E-state index in [1.165, 1.54) is 0 Å². The average Bonchev–Trinajstić information content (AvgIpc) is 0.897. The normalized spacial score (nSPS) is 17.5. The van der Waals surface area contributed by atoms with Crippen molar-refractivity contribution in [1.29, 1.82) is 0 Å². The van der Waals surface area contributed by atoms with Crippen molar-refractivity contribution in [3.05, 3.63) is 0 Å². The second kappa shape index (κ2) is 99.2. The first-order valence-corrected chi connectivity index (χ1v) is 78.1. The Balaban J connectivity index is 0. The molecule has 0 heterocycles. The summed E-state index contributed by atoms with van der Waals surface area (Å²) in [6.07, 6.45) is 1.42. The third-order valence-electron chi connectivity index (χ3n) is 9.56. The van der Waals surface area contributed by atoms with Gasteiger partial charge in [-0.2, -0.15) is 0 Å². The molecule has 0 atom stereocenters. The van der Waals surface area contributed by atoms with Crippen molar-refractivity contribution in [3.63, 3.8) is 0 Å². The molecule has 0 aromatic rings. The smallest absolute Gasteiger partial charge is 0.425 e. The van der Waals surface area contributed by atoms with Gasteiger partial charge < -0.3 is 200 Å². The minimum atomic E-state index is -3.17. The lowest BCUT2D eigenvalue weighted by atomic mass is 10.5. The Bertz CT molecular complexity index is 1480. The highest BCUT2D eigenvalue weighted by Gasteiger charge is 2.41. The lowest BCUT2D eigenvalue weighted by Gasteiger charge is -2.30. The summed E-state index contributed by atoms with van der Waals surface area (Å²) in [5.74, 6) is 0. The molecule has 101 heavy (non-hydrogen) atoms. The van der Waals surface area contributed by atoms with E-state index >= 15 is 0 Å². The van der Waals surface area contributed by atoms with Gasteiger partial charge in [-0.05, 0) is 25.9 Å². The SMILES string of the molecule is CO[SiH2]O[SiH2]O[SiH2]O[SiH2]O[SiH2]O[SiH2]O[SiH2]O[Si](CCCN)(O[SiH2]O[SiH2]O[SiH2]O[SiH2]O[SiH2]O[SiH2]OC)O[SiH2]O[SiH2]O[SiH2]O[SiH2]O[SiH2]O[SiH2]OC.CO[SiH2]O[SiH2]O[SiH2]O[SiH2]O[SiH2]O[SiH2]O[SiH2]O[Si](CCCNCCN)(O[SiH2]O[SiH2]O[SiH2]O[SiH2]O[SiH2]O[SiH2]OC)O[SiH2]O[SiH2]O[SiH2]O[SiH2]O[SiH2]O[SiH2]OC. The summed E-state index contributed by atoms with van der Waals surface area (Å²) in [7, 11) is -39.5. The van der Waals surface area contributed by atoms with Crippen LogP contribution in [0.5, 0.6) is 0 Å². The molecule has 0 aliphatic rings. The van der Waals surface area contributed by atoms with Gasteiger partial charge >= 0.3 is 17.6 Å². The molecule has 47 nitrogen and oxygen atoms in total. The van der Waals surface area contributed by atoms with Crippen LogP contribution < -0.4 is 16.8 Å². The van der Waals surface area contributed by atoms with Gasteiger partial charge in [0.05, 0.1) is 0 Å². The Kier molecular flexibility index (Phi) is 108. The lowest BCUT2D eigenvalue weighted by molar-refractivity contribution is 0.227. The fourth-order valence-corrected chi connectivity index (χ4v) is 80.1. The average molecular weight is 2150 g/mol. The van der Waals surface area contributed by atoms with Crippen LogP contribution in [0.4, 0.5) is 0 Å². The van der Waals surface area contributed by atoms with Crippen LogP contribution in [-0.4, -0.2) is 467 Å². The molecule has 0 aliphatic carbocycles. The molecule has 0 rings (SSSR count). The fraction of sp³-hybridized carbons (Fsp3) is 1.00. The molecule has 5 N–H and O–H groups in total. The first-order chi connectivity index (χ1) is 50.0. The summed E-state index contributed by atoms with van der Waals surface area (Å²) in [6.45, 7) is 2.47. The first-order valence-electron chi connectivity index (χ1n) is 30.3. The summed E-state index contributed by atoms with van der Waals surface area (Å²) in [6, 6.07) is 1.11. The topological polar surface area (TPSA) is 470 Å². The van der Waals surface area contributed by atoms with Gasteiger partial charge in [0.25, 0.3) is 380 Å². The Morgan fingerprint density at radius 3 is 0.485 bits per heavy atom. The molecule has 0 radical (unpaired) electrons. The molecule has 0 saturated heterocycles. The third-order valence-corrected chi connectivity index (χ3v) is 69.0. The van der Waals surface area contributed by atoms with Crippen molar-refractivity contribution in [2.24, 2.45) is 11.5 Å².